The Morgan fingerprint density at radius 3 is 3.07 bits per heavy atom. The number of pyridine rings is 1. The first kappa shape index (κ1) is 9.42. The molecule has 0 aliphatic heterocycles. The summed E-state index contributed by atoms with van der Waals surface area (Å²) in [5, 5.41) is 3.91. The summed E-state index contributed by atoms with van der Waals surface area (Å²) >= 11 is 2.89. The van der Waals surface area contributed by atoms with Crippen LogP contribution in [0.3, 0.4) is 0 Å². The van der Waals surface area contributed by atoms with Crippen molar-refractivity contribution in [3.05, 3.63) is 24.5 Å². The molecule has 2 aromatic heterocycles. The van der Waals surface area contributed by atoms with Crippen LogP contribution < -0.4 is 5.32 Å². The maximum Gasteiger partial charge on any atom is 0.175 e. The summed E-state index contributed by atoms with van der Waals surface area (Å²) in [7, 11) is 1.85. The predicted octanol–water partition coefficient (Wildman–Crippen LogP) is 2.13. The molecule has 0 saturated carbocycles. The molecule has 2 aromatic rings. The highest BCUT2D eigenvalue weighted by Crippen LogP contribution is 2.26. The molecule has 0 aliphatic carbocycles. The SMILES string of the molecule is CNc1cccc(Sc2ncns2)n1. The van der Waals surface area contributed by atoms with Crippen LogP contribution in [-0.2, 0) is 0 Å². The molecule has 6 heteroatoms. The Balaban J connectivity index is 2.17. The van der Waals surface area contributed by atoms with Crippen molar-refractivity contribution in [2.45, 2.75) is 9.37 Å². The van der Waals surface area contributed by atoms with Gasteiger partial charge in [-0.25, -0.2) is 9.97 Å². The number of hydrogen-bond acceptors (Lipinski definition) is 6. The van der Waals surface area contributed by atoms with Gasteiger partial charge in [0.1, 0.15) is 17.2 Å². The Morgan fingerprint density at radius 2 is 2.36 bits per heavy atom. The smallest absolute Gasteiger partial charge is 0.175 e. The van der Waals surface area contributed by atoms with E-state index in [1.807, 2.05) is 25.2 Å². The van der Waals surface area contributed by atoms with Crippen LogP contribution in [0.4, 0.5) is 5.82 Å². The maximum atomic E-state index is 4.36. The van der Waals surface area contributed by atoms with E-state index in [1.165, 1.54) is 23.3 Å². The lowest BCUT2D eigenvalue weighted by Crippen LogP contribution is -1.91. The summed E-state index contributed by atoms with van der Waals surface area (Å²) < 4.78 is 4.84. The molecule has 0 aromatic carbocycles. The van der Waals surface area contributed by atoms with E-state index in [2.05, 4.69) is 19.7 Å². The molecular formula is C8H8N4S2. The minimum absolute atomic E-state index is 0.861. The molecule has 0 aliphatic rings. The number of anilines is 1. The van der Waals surface area contributed by atoms with Crippen molar-refractivity contribution in [3.8, 4) is 0 Å². The largest absolute Gasteiger partial charge is 0.373 e. The van der Waals surface area contributed by atoms with Crippen molar-refractivity contribution in [1.82, 2.24) is 14.3 Å². The predicted molar refractivity (Wildman–Crippen MR) is 57.8 cm³/mol. The first-order valence-electron chi connectivity index (χ1n) is 3.98. The highest BCUT2D eigenvalue weighted by Gasteiger charge is 2.01. The first-order valence-corrected chi connectivity index (χ1v) is 5.57. The standard InChI is InChI=1S/C8H8N4S2/c1-9-6-3-2-4-7(12-6)13-8-10-5-11-14-8/h2-5H,1H3,(H,9,12). The third kappa shape index (κ3) is 2.21. The van der Waals surface area contributed by atoms with Crippen LogP contribution in [0.2, 0.25) is 0 Å². The second kappa shape index (κ2) is 4.39. The van der Waals surface area contributed by atoms with Crippen LogP contribution in [0.15, 0.2) is 33.9 Å². The van der Waals surface area contributed by atoms with Crippen molar-refractivity contribution in [2.75, 3.05) is 12.4 Å². The molecule has 0 amide bonds. The molecule has 14 heavy (non-hydrogen) atoms. The summed E-state index contributed by atoms with van der Waals surface area (Å²) in [5.41, 5.74) is 0. The van der Waals surface area contributed by atoms with Crippen LogP contribution in [-0.4, -0.2) is 21.4 Å². The first-order chi connectivity index (χ1) is 6.88. The van der Waals surface area contributed by atoms with Crippen molar-refractivity contribution >= 4 is 29.1 Å². The Morgan fingerprint density at radius 1 is 1.43 bits per heavy atom. The number of hydrogen-bond donors (Lipinski definition) is 1. The summed E-state index contributed by atoms with van der Waals surface area (Å²) in [6, 6.07) is 5.83. The fourth-order valence-electron chi connectivity index (χ4n) is 0.908. The van der Waals surface area contributed by atoms with Gasteiger partial charge >= 0.3 is 0 Å². The zero-order valence-electron chi connectivity index (χ0n) is 7.47. The van der Waals surface area contributed by atoms with Gasteiger partial charge in [0.05, 0.1) is 0 Å². The van der Waals surface area contributed by atoms with Crippen LogP contribution in [0, 0.1) is 0 Å². The second-order valence-electron chi connectivity index (χ2n) is 2.42. The fraction of sp³-hybridized carbons (Fsp3) is 0.125. The molecule has 1 N–H and O–H groups in total. The minimum Gasteiger partial charge on any atom is -0.373 e. The average molecular weight is 224 g/mol. The van der Waals surface area contributed by atoms with E-state index in [4.69, 9.17) is 0 Å². The van der Waals surface area contributed by atoms with Crippen molar-refractivity contribution in [1.29, 1.82) is 0 Å². The number of nitrogens with one attached hydrogen (secondary N) is 1. The summed E-state index contributed by atoms with van der Waals surface area (Å²) in [4.78, 5) is 8.43. The summed E-state index contributed by atoms with van der Waals surface area (Å²) in [5.74, 6) is 0.861. The Bertz CT molecular complexity index is 401. The fourth-order valence-corrected chi connectivity index (χ4v) is 2.29. The van der Waals surface area contributed by atoms with Gasteiger partial charge in [0, 0.05) is 7.05 Å². The van der Waals surface area contributed by atoms with E-state index in [0.29, 0.717) is 0 Å². The van der Waals surface area contributed by atoms with Gasteiger partial charge in [-0.05, 0) is 35.4 Å². The van der Waals surface area contributed by atoms with Gasteiger partial charge in [0.2, 0.25) is 0 Å². The third-order valence-electron chi connectivity index (χ3n) is 1.51. The molecule has 0 bridgehead atoms. The zero-order chi connectivity index (χ0) is 9.80. The van der Waals surface area contributed by atoms with Crippen molar-refractivity contribution in [2.24, 2.45) is 0 Å². The van der Waals surface area contributed by atoms with Crippen LogP contribution in [0.5, 0.6) is 0 Å². The van der Waals surface area contributed by atoms with Gasteiger partial charge < -0.3 is 5.32 Å². The summed E-state index contributed by atoms with van der Waals surface area (Å²) in [6.45, 7) is 0. The van der Waals surface area contributed by atoms with Crippen molar-refractivity contribution < 1.29 is 0 Å². The lowest BCUT2D eigenvalue weighted by Gasteiger charge is -2.00. The van der Waals surface area contributed by atoms with Crippen molar-refractivity contribution in [3.63, 3.8) is 0 Å². The molecule has 72 valence electrons. The highest BCUT2D eigenvalue weighted by molar-refractivity contribution is 8.00. The molecular weight excluding hydrogens is 216 g/mol. The molecule has 2 rings (SSSR count). The van der Waals surface area contributed by atoms with Gasteiger partial charge in [-0.2, -0.15) is 4.37 Å². The Hall–Kier alpha value is -1.14. The van der Waals surface area contributed by atoms with Gasteiger partial charge in [-0.1, -0.05) is 6.07 Å². The molecule has 0 spiro atoms. The minimum atomic E-state index is 0.861. The molecule has 0 saturated heterocycles. The number of nitrogens with zero attached hydrogens (tertiary/aromatic N) is 3. The molecule has 2 heterocycles. The van der Waals surface area contributed by atoms with Crippen LogP contribution >= 0.6 is 23.3 Å². The molecule has 0 radical (unpaired) electrons. The molecule has 0 unspecified atom stereocenters. The maximum absolute atomic E-state index is 4.36. The van der Waals surface area contributed by atoms with Crippen LogP contribution in [0.1, 0.15) is 0 Å². The second-order valence-corrected chi connectivity index (χ2v) is 4.47. The highest BCUT2D eigenvalue weighted by atomic mass is 32.2. The van der Waals surface area contributed by atoms with E-state index in [9.17, 15) is 0 Å². The van der Waals surface area contributed by atoms with Gasteiger partial charge in [-0.3, -0.25) is 0 Å². The van der Waals surface area contributed by atoms with Gasteiger partial charge in [0.15, 0.2) is 4.34 Å². The normalized spacial score (nSPS) is 10.1. The lowest BCUT2D eigenvalue weighted by atomic mass is 10.5. The quantitative estimate of drug-likeness (QED) is 0.865. The number of aromatic nitrogens is 3. The van der Waals surface area contributed by atoms with E-state index in [1.54, 1.807) is 6.33 Å². The third-order valence-corrected chi connectivity index (χ3v) is 3.16. The van der Waals surface area contributed by atoms with E-state index in [0.717, 1.165) is 15.2 Å². The number of rotatable bonds is 3. The van der Waals surface area contributed by atoms with Gasteiger partial charge in [-0.15, -0.1) is 0 Å². The Labute approximate surface area is 90.0 Å². The van der Waals surface area contributed by atoms with E-state index in [-0.39, 0.29) is 0 Å². The van der Waals surface area contributed by atoms with E-state index >= 15 is 0 Å². The van der Waals surface area contributed by atoms with E-state index < -0.39 is 0 Å². The molecule has 4 nitrogen and oxygen atoms in total. The topological polar surface area (TPSA) is 50.7 Å². The molecule has 0 atom stereocenters. The Kier molecular flexibility index (Phi) is 2.95. The monoisotopic (exact) mass is 224 g/mol. The summed E-state index contributed by atoms with van der Waals surface area (Å²) in [6.07, 6.45) is 1.55. The lowest BCUT2D eigenvalue weighted by molar-refractivity contribution is 1.12. The van der Waals surface area contributed by atoms with Gasteiger partial charge in [0.25, 0.3) is 0 Å². The zero-order valence-corrected chi connectivity index (χ0v) is 9.10. The average Bonchev–Trinajstić information content (AvgIpc) is 2.71. The molecule has 0 fully saturated rings. The van der Waals surface area contributed by atoms with Crippen LogP contribution in [0.25, 0.3) is 0 Å².